The summed E-state index contributed by atoms with van der Waals surface area (Å²) in [6, 6.07) is 23.7. The number of ether oxygens (including phenoxy) is 4. The molecule has 162 valence electrons. The van der Waals surface area contributed by atoms with E-state index in [4.69, 9.17) is 23.8 Å². The van der Waals surface area contributed by atoms with E-state index in [0.717, 1.165) is 5.56 Å². The van der Waals surface area contributed by atoms with Crippen molar-refractivity contribution < 1.29 is 28.6 Å². The van der Waals surface area contributed by atoms with Gasteiger partial charge in [-0.3, -0.25) is 9.63 Å². The maximum Gasteiger partial charge on any atom is 0.278 e. The molecule has 0 aliphatic heterocycles. The highest BCUT2D eigenvalue weighted by Gasteiger charge is 2.16. The van der Waals surface area contributed by atoms with Gasteiger partial charge in [0.25, 0.3) is 5.91 Å². The lowest BCUT2D eigenvalue weighted by Gasteiger charge is -2.14. The summed E-state index contributed by atoms with van der Waals surface area (Å²) in [6.45, 7) is 1.16. The van der Waals surface area contributed by atoms with E-state index < -0.39 is 5.91 Å². The summed E-state index contributed by atoms with van der Waals surface area (Å²) < 4.78 is 21.7. The molecule has 0 saturated heterocycles. The summed E-state index contributed by atoms with van der Waals surface area (Å²) in [6.07, 6.45) is 0. The summed E-state index contributed by atoms with van der Waals surface area (Å²) in [7, 11) is 1.60. The van der Waals surface area contributed by atoms with Crippen LogP contribution in [0.3, 0.4) is 0 Å². The molecular formula is C24H25NO6. The largest absolute Gasteiger partial charge is 0.468 e. The Labute approximate surface area is 181 Å². The zero-order chi connectivity index (χ0) is 21.7. The van der Waals surface area contributed by atoms with E-state index in [1.54, 1.807) is 25.3 Å². The molecule has 1 amide bonds. The third kappa shape index (κ3) is 7.42. The van der Waals surface area contributed by atoms with Crippen molar-refractivity contribution in [2.75, 3.05) is 27.1 Å². The van der Waals surface area contributed by atoms with Crippen molar-refractivity contribution in [1.82, 2.24) is 5.48 Å². The highest BCUT2D eigenvalue weighted by atomic mass is 16.7. The number of methoxy groups -OCH3 is 1. The number of rotatable bonds is 12. The van der Waals surface area contributed by atoms with E-state index >= 15 is 0 Å². The maximum absolute atomic E-state index is 12.8. The maximum atomic E-state index is 12.8. The van der Waals surface area contributed by atoms with Gasteiger partial charge in [-0.05, 0) is 35.9 Å². The van der Waals surface area contributed by atoms with Gasteiger partial charge in [0.05, 0.1) is 25.4 Å². The first kappa shape index (κ1) is 22.3. The van der Waals surface area contributed by atoms with Crippen LogP contribution >= 0.6 is 0 Å². The van der Waals surface area contributed by atoms with Crippen LogP contribution in [0.25, 0.3) is 0 Å². The molecule has 7 heteroatoms. The molecule has 31 heavy (non-hydrogen) atoms. The summed E-state index contributed by atoms with van der Waals surface area (Å²) >= 11 is 0. The van der Waals surface area contributed by atoms with Crippen molar-refractivity contribution in [2.45, 2.75) is 6.61 Å². The van der Waals surface area contributed by atoms with Crippen molar-refractivity contribution in [2.24, 2.45) is 0 Å². The number of carbonyl (C=O) groups is 1. The minimum atomic E-state index is -0.451. The van der Waals surface area contributed by atoms with E-state index in [0.29, 0.717) is 30.5 Å². The molecule has 0 bridgehead atoms. The van der Waals surface area contributed by atoms with Gasteiger partial charge < -0.3 is 18.9 Å². The van der Waals surface area contributed by atoms with Crippen molar-refractivity contribution in [3.05, 3.63) is 90.0 Å². The molecule has 3 aromatic carbocycles. The third-order valence-electron chi connectivity index (χ3n) is 4.15. The van der Waals surface area contributed by atoms with Crippen molar-refractivity contribution >= 4 is 5.91 Å². The Balaban J connectivity index is 1.68. The summed E-state index contributed by atoms with van der Waals surface area (Å²) in [5.74, 6) is 0.997. The van der Waals surface area contributed by atoms with Crippen LogP contribution < -0.4 is 15.0 Å². The number of benzene rings is 3. The minimum absolute atomic E-state index is 0.0355. The van der Waals surface area contributed by atoms with Gasteiger partial charge >= 0.3 is 0 Å². The Hall–Kier alpha value is -3.39. The fraction of sp³-hybridized carbons (Fsp3) is 0.208. The van der Waals surface area contributed by atoms with Crippen LogP contribution in [-0.4, -0.2) is 33.0 Å². The molecule has 7 nitrogen and oxygen atoms in total. The number of carbonyl (C=O) groups excluding carboxylic acids is 1. The molecule has 0 unspecified atom stereocenters. The monoisotopic (exact) mass is 423 g/mol. The zero-order valence-corrected chi connectivity index (χ0v) is 17.3. The summed E-state index contributed by atoms with van der Waals surface area (Å²) in [5, 5.41) is 0. The predicted octanol–water partition coefficient (Wildman–Crippen LogP) is 4.34. The van der Waals surface area contributed by atoms with Gasteiger partial charge in [0, 0.05) is 7.11 Å². The number of hydroxylamine groups is 1. The van der Waals surface area contributed by atoms with E-state index in [9.17, 15) is 4.79 Å². The van der Waals surface area contributed by atoms with Gasteiger partial charge in [-0.2, -0.15) is 0 Å². The molecule has 0 fully saturated rings. The second kappa shape index (κ2) is 12.3. The lowest BCUT2D eigenvalue weighted by atomic mass is 10.1. The van der Waals surface area contributed by atoms with Crippen molar-refractivity contribution in [3.8, 4) is 17.2 Å². The SMILES string of the molecule is COCCOCOc1ccc(Oc2ccccc2)c(C(=O)NOCc2ccccc2)c1. The Bertz CT molecular complexity index is 933. The number of nitrogens with one attached hydrogen (secondary N) is 1. The van der Waals surface area contributed by atoms with Crippen LogP contribution in [0.15, 0.2) is 78.9 Å². The number of hydrogen-bond acceptors (Lipinski definition) is 6. The summed E-state index contributed by atoms with van der Waals surface area (Å²) in [4.78, 5) is 18.2. The second-order valence-corrected chi connectivity index (χ2v) is 6.44. The predicted molar refractivity (Wildman–Crippen MR) is 115 cm³/mol. The van der Waals surface area contributed by atoms with E-state index in [-0.39, 0.29) is 19.0 Å². The fourth-order valence-corrected chi connectivity index (χ4v) is 2.61. The number of amides is 1. The standard InChI is InChI=1S/C24H25NO6/c1-27-14-15-28-18-29-21-12-13-23(31-20-10-6-3-7-11-20)22(16-21)24(26)25-30-17-19-8-4-2-5-9-19/h2-13,16H,14-15,17-18H2,1H3,(H,25,26). The molecule has 0 saturated carbocycles. The third-order valence-corrected chi connectivity index (χ3v) is 4.15. The second-order valence-electron chi connectivity index (χ2n) is 6.44. The van der Waals surface area contributed by atoms with Gasteiger partial charge in [0.2, 0.25) is 0 Å². The molecule has 0 aromatic heterocycles. The molecule has 3 aromatic rings. The quantitative estimate of drug-likeness (QED) is 0.265. The minimum Gasteiger partial charge on any atom is -0.468 e. The Morgan fingerprint density at radius 2 is 1.61 bits per heavy atom. The molecular weight excluding hydrogens is 398 g/mol. The number of para-hydroxylation sites is 1. The van der Waals surface area contributed by atoms with Gasteiger partial charge in [-0.1, -0.05) is 48.5 Å². The molecule has 0 spiro atoms. The highest BCUT2D eigenvalue weighted by molar-refractivity contribution is 5.96. The van der Waals surface area contributed by atoms with Crippen LogP contribution in [0, 0.1) is 0 Å². The van der Waals surface area contributed by atoms with Crippen LogP contribution in [0.4, 0.5) is 0 Å². The van der Waals surface area contributed by atoms with E-state index in [1.807, 2.05) is 60.7 Å². The molecule has 0 radical (unpaired) electrons. The van der Waals surface area contributed by atoms with Crippen LogP contribution in [0.1, 0.15) is 15.9 Å². The molecule has 0 aliphatic carbocycles. The van der Waals surface area contributed by atoms with E-state index in [2.05, 4.69) is 5.48 Å². The first-order valence-electron chi connectivity index (χ1n) is 9.79. The van der Waals surface area contributed by atoms with Crippen LogP contribution in [-0.2, 0) is 20.9 Å². The van der Waals surface area contributed by atoms with Crippen molar-refractivity contribution in [3.63, 3.8) is 0 Å². The molecule has 3 rings (SSSR count). The van der Waals surface area contributed by atoms with Crippen LogP contribution in [0.2, 0.25) is 0 Å². The average Bonchev–Trinajstić information content (AvgIpc) is 2.81. The highest BCUT2D eigenvalue weighted by Crippen LogP contribution is 2.29. The first-order chi connectivity index (χ1) is 15.3. The molecule has 0 atom stereocenters. The average molecular weight is 423 g/mol. The van der Waals surface area contributed by atoms with Crippen molar-refractivity contribution in [1.29, 1.82) is 0 Å². The fourth-order valence-electron chi connectivity index (χ4n) is 2.61. The lowest BCUT2D eigenvalue weighted by Crippen LogP contribution is -2.24. The van der Waals surface area contributed by atoms with Gasteiger partial charge in [-0.25, -0.2) is 5.48 Å². The molecule has 0 aliphatic rings. The summed E-state index contributed by atoms with van der Waals surface area (Å²) in [5.41, 5.74) is 3.67. The van der Waals surface area contributed by atoms with Crippen LogP contribution in [0.5, 0.6) is 17.2 Å². The molecule has 1 N–H and O–H groups in total. The first-order valence-corrected chi connectivity index (χ1v) is 9.79. The lowest BCUT2D eigenvalue weighted by molar-refractivity contribution is -0.00857. The number of hydrogen-bond donors (Lipinski definition) is 1. The zero-order valence-electron chi connectivity index (χ0n) is 17.3. The molecule has 0 heterocycles. The topological polar surface area (TPSA) is 75.2 Å². The van der Waals surface area contributed by atoms with E-state index in [1.165, 1.54) is 0 Å². The smallest absolute Gasteiger partial charge is 0.278 e. The Morgan fingerprint density at radius 3 is 2.35 bits per heavy atom. The van der Waals surface area contributed by atoms with Gasteiger partial charge in [0.15, 0.2) is 6.79 Å². The Kier molecular flexibility index (Phi) is 8.88. The van der Waals surface area contributed by atoms with Gasteiger partial charge in [-0.15, -0.1) is 0 Å². The van der Waals surface area contributed by atoms with Gasteiger partial charge in [0.1, 0.15) is 17.2 Å². The normalized spacial score (nSPS) is 10.5. The Morgan fingerprint density at radius 1 is 0.871 bits per heavy atom.